The molecule has 0 saturated heterocycles. The van der Waals surface area contributed by atoms with E-state index in [0.717, 1.165) is 24.0 Å². The second-order valence-electron chi connectivity index (χ2n) is 8.02. The van der Waals surface area contributed by atoms with Gasteiger partial charge in [-0.15, -0.1) is 0 Å². The van der Waals surface area contributed by atoms with Crippen LogP contribution in [0.5, 0.6) is 0 Å². The zero-order chi connectivity index (χ0) is 21.3. The molecular weight excluding hydrogens is 364 g/mol. The molecular formula is C24H30N2O3. The van der Waals surface area contributed by atoms with Gasteiger partial charge in [-0.1, -0.05) is 48.0 Å². The van der Waals surface area contributed by atoms with Crippen molar-refractivity contribution in [2.45, 2.75) is 52.7 Å². The first-order valence-electron chi connectivity index (χ1n) is 9.79. The van der Waals surface area contributed by atoms with Crippen molar-refractivity contribution in [3.8, 4) is 0 Å². The smallest absolute Gasteiger partial charge is 0.407 e. The van der Waals surface area contributed by atoms with Gasteiger partial charge in [0, 0.05) is 18.3 Å². The molecule has 0 heterocycles. The molecule has 0 radical (unpaired) electrons. The standard InChI is InChI=1S/C24H30N2O3/c1-18(13-14-19-9-6-5-7-10-19)15-22(27)26-21-12-8-11-20(16-21)17-25-23(28)29-24(2,3)4/h5-12,15-16H,13-14,17H2,1-4H3,(H,25,28)(H,26,27). The molecule has 0 aliphatic rings. The maximum Gasteiger partial charge on any atom is 0.407 e. The first kappa shape index (κ1) is 22.2. The first-order valence-corrected chi connectivity index (χ1v) is 9.79. The van der Waals surface area contributed by atoms with Crippen LogP contribution in [0.2, 0.25) is 0 Å². The van der Waals surface area contributed by atoms with E-state index in [0.29, 0.717) is 12.2 Å². The number of amides is 2. The van der Waals surface area contributed by atoms with Crippen molar-refractivity contribution >= 4 is 17.7 Å². The van der Waals surface area contributed by atoms with Crippen LogP contribution in [0.3, 0.4) is 0 Å². The number of benzene rings is 2. The average molecular weight is 395 g/mol. The van der Waals surface area contributed by atoms with Crippen molar-refractivity contribution in [3.63, 3.8) is 0 Å². The highest BCUT2D eigenvalue weighted by atomic mass is 16.6. The molecule has 0 fully saturated rings. The van der Waals surface area contributed by atoms with Crippen molar-refractivity contribution in [1.82, 2.24) is 5.32 Å². The van der Waals surface area contributed by atoms with Gasteiger partial charge in [0.15, 0.2) is 0 Å². The second-order valence-corrected chi connectivity index (χ2v) is 8.02. The molecule has 2 rings (SSSR count). The Balaban J connectivity index is 1.85. The van der Waals surface area contributed by atoms with Crippen molar-refractivity contribution in [3.05, 3.63) is 77.4 Å². The second kappa shape index (κ2) is 10.5. The molecule has 0 aliphatic heterocycles. The molecule has 0 aromatic heterocycles. The lowest BCUT2D eigenvalue weighted by molar-refractivity contribution is -0.112. The fraction of sp³-hybridized carbons (Fsp3) is 0.333. The minimum Gasteiger partial charge on any atom is -0.444 e. The Kier molecular flexibility index (Phi) is 8.01. The molecule has 0 saturated carbocycles. The van der Waals surface area contributed by atoms with E-state index in [4.69, 9.17) is 4.74 Å². The summed E-state index contributed by atoms with van der Waals surface area (Å²) in [4.78, 5) is 24.1. The van der Waals surface area contributed by atoms with E-state index in [1.807, 2.05) is 70.2 Å². The van der Waals surface area contributed by atoms with E-state index in [1.54, 1.807) is 6.08 Å². The van der Waals surface area contributed by atoms with Gasteiger partial charge in [-0.05, 0) is 63.8 Å². The zero-order valence-electron chi connectivity index (χ0n) is 17.6. The van der Waals surface area contributed by atoms with Crippen LogP contribution < -0.4 is 10.6 Å². The number of alkyl carbamates (subject to hydrolysis) is 1. The number of hydrogen-bond acceptors (Lipinski definition) is 3. The van der Waals surface area contributed by atoms with E-state index in [-0.39, 0.29) is 5.91 Å². The van der Waals surface area contributed by atoms with Crippen LogP contribution in [0.1, 0.15) is 45.2 Å². The Bertz CT molecular complexity index is 852. The molecule has 154 valence electrons. The number of aryl methyl sites for hydroxylation is 1. The Hall–Kier alpha value is -3.08. The van der Waals surface area contributed by atoms with Crippen LogP contribution in [0.4, 0.5) is 10.5 Å². The van der Waals surface area contributed by atoms with Gasteiger partial charge in [0.25, 0.3) is 0 Å². The highest BCUT2D eigenvalue weighted by Gasteiger charge is 2.15. The first-order chi connectivity index (χ1) is 13.7. The highest BCUT2D eigenvalue weighted by Crippen LogP contribution is 2.13. The summed E-state index contributed by atoms with van der Waals surface area (Å²) in [5, 5.41) is 5.59. The van der Waals surface area contributed by atoms with E-state index in [1.165, 1.54) is 5.56 Å². The van der Waals surface area contributed by atoms with Crippen molar-refractivity contribution in [1.29, 1.82) is 0 Å². The van der Waals surface area contributed by atoms with Crippen LogP contribution in [-0.4, -0.2) is 17.6 Å². The van der Waals surface area contributed by atoms with E-state index in [2.05, 4.69) is 22.8 Å². The Morgan fingerprint density at radius 1 is 1.00 bits per heavy atom. The van der Waals surface area contributed by atoms with Gasteiger partial charge >= 0.3 is 6.09 Å². The molecule has 2 aromatic rings. The number of allylic oxidation sites excluding steroid dienone is 1. The lowest BCUT2D eigenvalue weighted by Crippen LogP contribution is -2.32. The zero-order valence-corrected chi connectivity index (χ0v) is 17.6. The summed E-state index contributed by atoms with van der Waals surface area (Å²) in [6, 6.07) is 17.6. The Labute approximate surface area is 173 Å². The van der Waals surface area contributed by atoms with Crippen LogP contribution in [0.15, 0.2) is 66.2 Å². The summed E-state index contributed by atoms with van der Waals surface area (Å²) >= 11 is 0. The summed E-state index contributed by atoms with van der Waals surface area (Å²) in [6.45, 7) is 7.74. The monoisotopic (exact) mass is 394 g/mol. The number of carbonyl (C=O) groups is 2. The maximum absolute atomic E-state index is 12.3. The summed E-state index contributed by atoms with van der Waals surface area (Å²) < 4.78 is 5.23. The third kappa shape index (κ3) is 9.10. The molecule has 2 aromatic carbocycles. The van der Waals surface area contributed by atoms with Crippen molar-refractivity contribution in [2.24, 2.45) is 0 Å². The van der Waals surface area contributed by atoms with Crippen LogP contribution >= 0.6 is 0 Å². The van der Waals surface area contributed by atoms with Gasteiger partial charge in [0.1, 0.15) is 5.60 Å². The molecule has 0 aliphatic carbocycles. The third-order valence-electron chi connectivity index (χ3n) is 4.06. The molecule has 0 unspecified atom stereocenters. The number of carbonyl (C=O) groups excluding carboxylic acids is 2. The fourth-order valence-corrected chi connectivity index (χ4v) is 2.71. The topological polar surface area (TPSA) is 67.4 Å². The number of ether oxygens (including phenoxy) is 1. The Morgan fingerprint density at radius 2 is 1.69 bits per heavy atom. The SMILES string of the molecule is CC(=CC(=O)Nc1cccc(CNC(=O)OC(C)(C)C)c1)CCc1ccccc1. The molecule has 0 spiro atoms. The van der Waals surface area contributed by atoms with E-state index >= 15 is 0 Å². The van der Waals surface area contributed by atoms with Gasteiger partial charge < -0.3 is 15.4 Å². The number of rotatable bonds is 7. The predicted octanol–water partition coefficient (Wildman–Crippen LogP) is 5.23. The highest BCUT2D eigenvalue weighted by molar-refractivity contribution is 5.99. The summed E-state index contributed by atoms with van der Waals surface area (Å²) in [7, 11) is 0. The number of nitrogens with one attached hydrogen (secondary N) is 2. The van der Waals surface area contributed by atoms with E-state index < -0.39 is 11.7 Å². The van der Waals surface area contributed by atoms with Gasteiger partial charge in [-0.25, -0.2) is 4.79 Å². The quantitative estimate of drug-likeness (QED) is 0.632. The van der Waals surface area contributed by atoms with Gasteiger partial charge in [0.05, 0.1) is 0 Å². The fourth-order valence-electron chi connectivity index (χ4n) is 2.71. The molecule has 0 bridgehead atoms. The summed E-state index contributed by atoms with van der Waals surface area (Å²) in [5.41, 5.74) is 3.30. The predicted molar refractivity (Wildman–Crippen MR) is 117 cm³/mol. The third-order valence-corrected chi connectivity index (χ3v) is 4.06. The summed E-state index contributed by atoms with van der Waals surface area (Å²) in [5.74, 6) is -0.159. The minimum absolute atomic E-state index is 0.159. The Morgan fingerprint density at radius 3 is 2.38 bits per heavy atom. The number of hydrogen-bond donors (Lipinski definition) is 2. The maximum atomic E-state index is 12.3. The minimum atomic E-state index is -0.537. The molecule has 29 heavy (non-hydrogen) atoms. The van der Waals surface area contributed by atoms with Crippen LogP contribution in [0.25, 0.3) is 0 Å². The molecule has 2 amide bonds. The van der Waals surface area contributed by atoms with Gasteiger partial charge in [-0.2, -0.15) is 0 Å². The van der Waals surface area contributed by atoms with Crippen molar-refractivity contribution < 1.29 is 14.3 Å². The van der Waals surface area contributed by atoms with Crippen LogP contribution in [0, 0.1) is 0 Å². The average Bonchev–Trinajstić information content (AvgIpc) is 2.64. The van der Waals surface area contributed by atoms with Gasteiger partial charge in [0.2, 0.25) is 5.91 Å². The molecule has 0 atom stereocenters. The largest absolute Gasteiger partial charge is 0.444 e. The molecule has 5 heteroatoms. The van der Waals surface area contributed by atoms with E-state index in [9.17, 15) is 9.59 Å². The lowest BCUT2D eigenvalue weighted by atomic mass is 10.1. The summed E-state index contributed by atoms with van der Waals surface area (Å²) in [6.07, 6.45) is 2.90. The normalized spacial score (nSPS) is 11.7. The van der Waals surface area contributed by atoms with Gasteiger partial charge in [-0.3, -0.25) is 4.79 Å². The number of anilines is 1. The van der Waals surface area contributed by atoms with Crippen LogP contribution in [-0.2, 0) is 22.5 Å². The van der Waals surface area contributed by atoms with Crippen molar-refractivity contribution in [2.75, 3.05) is 5.32 Å². The molecule has 5 nitrogen and oxygen atoms in total. The molecule has 2 N–H and O–H groups in total. The lowest BCUT2D eigenvalue weighted by Gasteiger charge is -2.19.